The van der Waals surface area contributed by atoms with Crippen molar-refractivity contribution in [2.75, 3.05) is 20.3 Å². The second-order valence-corrected chi connectivity index (χ2v) is 4.53. The SMILES string of the molecule is COCCCC(=O)c1cccc(C(=O)CCCCO)n1. The number of hydrogen-bond donors (Lipinski definition) is 1. The first kappa shape index (κ1) is 16.5. The molecule has 20 heavy (non-hydrogen) atoms. The zero-order chi connectivity index (χ0) is 14.8. The van der Waals surface area contributed by atoms with Gasteiger partial charge in [0, 0.05) is 33.2 Å². The summed E-state index contributed by atoms with van der Waals surface area (Å²) in [7, 11) is 1.59. The summed E-state index contributed by atoms with van der Waals surface area (Å²) in [4.78, 5) is 27.9. The Morgan fingerprint density at radius 1 is 1.10 bits per heavy atom. The van der Waals surface area contributed by atoms with Crippen LogP contribution < -0.4 is 0 Å². The molecule has 0 aliphatic carbocycles. The summed E-state index contributed by atoms with van der Waals surface area (Å²) in [5.41, 5.74) is 0.648. The van der Waals surface area contributed by atoms with Crippen LogP contribution in [0.1, 0.15) is 53.1 Å². The molecule has 0 saturated heterocycles. The Morgan fingerprint density at radius 2 is 1.70 bits per heavy atom. The minimum absolute atomic E-state index is 0.0768. The van der Waals surface area contributed by atoms with Crippen LogP contribution in [0.3, 0.4) is 0 Å². The first-order chi connectivity index (χ1) is 9.69. The molecular weight excluding hydrogens is 258 g/mol. The minimum atomic E-state index is -0.0926. The first-order valence-electron chi connectivity index (χ1n) is 6.82. The average Bonchev–Trinajstić information content (AvgIpc) is 2.47. The summed E-state index contributed by atoms with van der Waals surface area (Å²) in [5, 5.41) is 8.69. The molecule has 5 nitrogen and oxygen atoms in total. The third-order valence-electron chi connectivity index (χ3n) is 2.88. The van der Waals surface area contributed by atoms with E-state index >= 15 is 0 Å². The number of ether oxygens (including phenoxy) is 1. The summed E-state index contributed by atoms with van der Waals surface area (Å²) in [6.45, 7) is 0.615. The standard InChI is InChI=1S/C15H21NO4/c1-20-11-5-9-15(19)13-7-4-6-12(16-13)14(18)8-2-3-10-17/h4,6-7,17H,2-3,5,8-11H2,1H3. The Bertz CT molecular complexity index is 408. The van der Waals surface area contributed by atoms with E-state index in [-0.39, 0.29) is 18.2 Å². The molecule has 0 radical (unpaired) electrons. The maximum atomic E-state index is 11.9. The first-order valence-corrected chi connectivity index (χ1v) is 6.82. The van der Waals surface area contributed by atoms with Gasteiger partial charge >= 0.3 is 0 Å². The van der Waals surface area contributed by atoms with Gasteiger partial charge in [0.1, 0.15) is 11.4 Å². The van der Waals surface area contributed by atoms with Gasteiger partial charge in [-0.1, -0.05) is 6.07 Å². The van der Waals surface area contributed by atoms with E-state index in [9.17, 15) is 9.59 Å². The number of aliphatic hydroxyl groups is 1. The zero-order valence-corrected chi connectivity index (χ0v) is 11.8. The van der Waals surface area contributed by atoms with Crippen molar-refractivity contribution in [1.29, 1.82) is 0 Å². The number of carbonyl (C=O) groups is 2. The highest BCUT2D eigenvalue weighted by Crippen LogP contribution is 2.08. The van der Waals surface area contributed by atoms with Crippen molar-refractivity contribution in [3.63, 3.8) is 0 Å². The van der Waals surface area contributed by atoms with Gasteiger partial charge < -0.3 is 9.84 Å². The molecule has 0 spiro atoms. The number of hydrogen-bond acceptors (Lipinski definition) is 5. The number of pyridine rings is 1. The molecular formula is C15H21NO4. The van der Waals surface area contributed by atoms with E-state index in [0.29, 0.717) is 50.1 Å². The highest BCUT2D eigenvalue weighted by molar-refractivity contribution is 5.98. The van der Waals surface area contributed by atoms with E-state index in [1.807, 2.05) is 0 Å². The average molecular weight is 279 g/mol. The monoisotopic (exact) mass is 279 g/mol. The van der Waals surface area contributed by atoms with Gasteiger partial charge in [0.2, 0.25) is 0 Å². The lowest BCUT2D eigenvalue weighted by Crippen LogP contribution is -2.09. The van der Waals surface area contributed by atoms with Crippen molar-refractivity contribution in [2.24, 2.45) is 0 Å². The van der Waals surface area contributed by atoms with Crippen LogP contribution in [0.2, 0.25) is 0 Å². The molecule has 5 heteroatoms. The molecule has 1 aromatic rings. The predicted octanol–water partition coefficient (Wildman–Crippen LogP) is 2.04. The van der Waals surface area contributed by atoms with Crippen molar-refractivity contribution in [3.05, 3.63) is 29.6 Å². The Morgan fingerprint density at radius 3 is 2.25 bits per heavy atom. The third-order valence-corrected chi connectivity index (χ3v) is 2.88. The number of aliphatic hydroxyl groups excluding tert-OH is 1. The molecule has 1 aromatic heterocycles. The second kappa shape index (κ2) is 9.34. The fourth-order valence-electron chi connectivity index (χ4n) is 1.78. The third kappa shape index (κ3) is 5.59. The summed E-state index contributed by atoms with van der Waals surface area (Å²) in [6, 6.07) is 4.92. The quantitative estimate of drug-likeness (QED) is 0.524. The van der Waals surface area contributed by atoms with Gasteiger partial charge in [-0.25, -0.2) is 4.98 Å². The number of nitrogens with zero attached hydrogens (tertiary/aromatic N) is 1. The van der Waals surface area contributed by atoms with Crippen molar-refractivity contribution in [1.82, 2.24) is 4.98 Å². The van der Waals surface area contributed by atoms with Crippen molar-refractivity contribution in [2.45, 2.75) is 32.1 Å². The lowest BCUT2D eigenvalue weighted by atomic mass is 10.1. The lowest BCUT2D eigenvalue weighted by molar-refractivity contribution is 0.0957. The molecule has 0 bridgehead atoms. The molecule has 1 rings (SSSR count). The smallest absolute Gasteiger partial charge is 0.181 e. The maximum absolute atomic E-state index is 11.9. The van der Waals surface area contributed by atoms with Gasteiger partial charge in [-0.15, -0.1) is 0 Å². The Hall–Kier alpha value is -1.59. The lowest BCUT2D eigenvalue weighted by Gasteiger charge is -2.03. The van der Waals surface area contributed by atoms with E-state index in [1.54, 1.807) is 25.3 Å². The van der Waals surface area contributed by atoms with Gasteiger partial charge in [-0.05, 0) is 31.4 Å². The van der Waals surface area contributed by atoms with Crippen LogP contribution in [0.15, 0.2) is 18.2 Å². The minimum Gasteiger partial charge on any atom is -0.396 e. The van der Waals surface area contributed by atoms with Gasteiger partial charge in [0.25, 0.3) is 0 Å². The van der Waals surface area contributed by atoms with E-state index in [0.717, 1.165) is 0 Å². The van der Waals surface area contributed by atoms with Crippen LogP contribution in [0.4, 0.5) is 0 Å². The van der Waals surface area contributed by atoms with Crippen molar-refractivity contribution >= 4 is 11.6 Å². The van der Waals surface area contributed by atoms with E-state index in [4.69, 9.17) is 9.84 Å². The maximum Gasteiger partial charge on any atom is 0.181 e. The number of methoxy groups -OCH3 is 1. The fraction of sp³-hybridized carbons (Fsp3) is 0.533. The fourth-order valence-corrected chi connectivity index (χ4v) is 1.78. The summed E-state index contributed by atoms with van der Waals surface area (Å²) in [5.74, 6) is -0.169. The second-order valence-electron chi connectivity index (χ2n) is 4.53. The number of unbranched alkanes of at least 4 members (excludes halogenated alkanes) is 1. The molecule has 0 atom stereocenters. The molecule has 0 fully saturated rings. The summed E-state index contributed by atoms with van der Waals surface area (Å²) in [6.07, 6.45) is 2.58. The molecule has 0 aliphatic heterocycles. The Balaban J connectivity index is 2.60. The van der Waals surface area contributed by atoms with Gasteiger partial charge in [-0.2, -0.15) is 0 Å². The molecule has 1 heterocycles. The summed E-state index contributed by atoms with van der Waals surface area (Å²) >= 11 is 0. The van der Waals surface area contributed by atoms with Gasteiger partial charge in [0.15, 0.2) is 11.6 Å². The molecule has 110 valence electrons. The molecule has 0 amide bonds. The predicted molar refractivity (Wildman–Crippen MR) is 74.9 cm³/mol. The van der Waals surface area contributed by atoms with E-state index < -0.39 is 0 Å². The molecule has 0 unspecified atom stereocenters. The summed E-state index contributed by atoms with van der Waals surface area (Å²) < 4.78 is 4.90. The van der Waals surface area contributed by atoms with Gasteiger partial charge in [0.05, 0.1) is 0 Å². The van der Waals surface area contributed by atoms with E-state index in [2.05, 4.69) is 4.98 Å². The topological polar surface area (TPSA) is 76.5 Å². The number of aromatic nitrogens is 1. The van der Waals surface area contributed by atoms with Crippen LogP contribution in [0.25, 0.3) is 0 Å². The van der Waals surface area contributed by atoms with Crippen LogP contribution >= 0.6 is 0 Å². The van der Waals surface area contributed by atoms with Crippen LogP contribution in [0.5, 0.6) is 0 Å². The normalized spacial score (nSPS) is 10.5. The highest BCUT2D eigenvalue weighted by atomic mass is 16.5. The molecule has 0 aromatic carbocycles. The molecule has 0 aliphatic rings. The number of carbonyl (C=O) groups excluding carboxylic acids is 2. The Labute approximate surface area is 119 Å². The van der Waals surface area contributed by atoms with E-state index in [1.165, 1.54) is 0 Å². The molecule has 0 saturated carbocycles. The Kier molecular flexibility index (Phi) is 7.69. The van der Waals surface area contributed by atoms with Crippen LogP contribution in [-0.2, 0) is 4.74 Å². The van der Waals surface area contributed by atoms with Crippen LogP contribution in [0, 0.1) is 0 Å². The van der Waals surface area contributed by atoms with Crippen molar-refractivity contribution < 1.29 is 19.4 Å². The highest BCUT2D eigenvalue weighted by Gasteiger charge is 2.12. The number of rotatable bonds is 10. The molecule has 1 N–H and O–H groups in total. The largest absolute Gasteiger partial charge is 0.396 e. The number of ketones is 2. The van der Waals surface area contributed by atoms with Gasteiger partial charge in [-0.3, -0.25) is 9.59 Å². The zero-order valence-electron chi connectivity index (χ0n) is 11.8. The van der Waals surface area contributed by atoms with Crippen LogP contribution in [-0.4, -0.2) is 42.0 Å². The number of Topliss-reactive ketones (excluding diaryl/α,β-unsaturated/α-hetero) is 2. The van der Waals surface area contributed by atoms with Crippen molar-refractivity contribution in [3.8, 4) is 0 Å².